The van der Waals surface area contributed by atoms with E-state index in [1.54, 1.807) is 22.7 Å². The number of carboxylic acid groups (broad SMARTS) is 1. The van der Waals surface area contributed by atoms with Gasteiger partial charge in [0.05, 0.1) is 10.4 Å². The summed E-state index contributed by atoms with van der Waals surface area (Å²) < 4.78 is 1.24. The minimum Gasteiger partial charge on any atom is -0.481 e. The first-order valence-corrected chi connectivity index (χ1v) is 6.64. The molecular weight excluding hydrogens is 242 g/mol. The number of carboxylic acids is 1. The first-order chi connectivity index (χ1) is 7.50. The SMILES string of the molecule is Cc1csc2sc(C(N)CC(=O)O)c(C)c12. The Bertz CT molecular complexity index is 541. The highest BCUT2D eigenvalue weighted by molar-refractivity contribution is 7.37. The van der Waals surface area contributed by atoms with Crippen molar-refractivity contribution in [1.29, 1.82) is 0 Å². The summed E-state index contributed by atoms with van der Waals surface area (Å²) in [5.74, 6) is -0.847. The third-order valence-corrected chi connectivity index (χ3v) is 5.27. The molecule has 0 aliphatic heterocycles. The molecule has 0 spiro atoms. The molecule has 0 saturated carbocycles. The van der Waals surface area contributed by atoms with E-state index in [0.29, 0.717) is 0 Å². The van der Waals surface area contributed by atoms with Gasteiger partial charge in [-0.1, -0.05) is 0 Å². The molecule has 0 bridgehead atoms. The predicted octanol–water partition coefficient (Wildman–Crippen LogP) is 3.05. The molecule has 3 N–H and O–H groups in total. The van der Waals surface area contributed by atoms with Crippen LogP contribution >= 0.6 is 22.7 Å². The third-order valence-electron chi connectivity index (χ3n) is 2.62. The summed E-state index contributed by atoms with van der Waals surface area (Å²) in [4.78, 5) is 11.6. The van der Waals surface area contributed by atoms with Crippen molar-refractivity contribution in [1.82, 2.24) is 0 Å². The maximum Gasteiger partial charge on any atom is 0.305 e. The van der Waals surface area contributed by atoms with Crippen molar-refractivity contribution in [3.63, 3.8) is 0 Å². The molecule has 0 radical (unpaired) electrons. The molecule has 1 unspecified atom stereocenters. The average molecular weight is 255 g/mol. The standard InChI is InChI=1S/C11H13NO2S2/c1-5-4-15-11-9(5)6(2)10(16-11)7(12)3-8(13)14/h4,7H,3,12H2,1-2H3,(H,13,14). The van der Waals surface area contributed by atoms with Crippen LogP contribution in [0.5, 0.6) is 0 Å². The number of hydrogen-bond donors (Lipinski definition) is 2. The van der Waals surface area contributed by atoms with Gasteiger partial charge in [-0.25, -0.2) is 0 Å². The van der Waals surface area contributed by atoms with E-state index in [1.165, 1.54) is 15.0 Å². The van der Waals surface area contributed by atoms with Crippen molar-refractivity contribution in [2.24, 2.45) is 5.73 Å². The molecule has 2 heterocycles. The maximum atomic E-state index is 10.6. The van der Waals surface area contributed by atoms with Gasteiger partial charge in [0.2, 0.25) is 0 Å². The summed E-state index contributed by atoms with van der Waals surface area (Å²) >= 11 is 3.33. The second-order valence-electron chi connectivity index (χ2n) is 3.88. The van der Waals surface area contributed by atoms with Gasteiger partial charge in [-0.3, -0.25) is 4.79 Å². The summed E-state index contributed by atoms with van der Waals surface area (Å²) in [5, 5.41) is 12.1. The van der Waals surface area contributed by atoms with Gasteiger partial charge in [-0.2, -0.15) is 0 Å². The van der Waals surface area contributed by atoms with Crippen LogP contribution in [0.15, 0.2) is 5.38 Å². The van der Waals surface area contributed by atoms with Gasteiger partial charge in [0.15, 0.2) is 0 Å². The van der Waals surface area contributed by atoms with Crippen LogP contribution in [-0.4, -0.2) is 11.1 Å². The number of rotatable bonds is 3. The number of thiophene rings is 2. The average Bonchev–Trinajstić information content (AvgIpc) is 2.68. The Labute approximate surface area is 102 Å². The Kier molecular flexibility index (Phi) is 3.01. The lowest BCUT2D eigenvalue weighted by Gasteiger charge is -2.07. The molecular formula is C11H13NO2S2. The summed E-state index contributed by atoms with van der Waals surface area (Å²) in [7, 11) is 0. The highest BCUT2D eigenvalue weighted by Crippen LogP contribution is 2.40. The molecule has 16 heavy (non-hydrogen) atoms. The van der Waals surface area contributed by atoms with E-state index in [0.717, 1.165) is 10.4 Å². The van der Waals surface area contributed by atoms with Crippen LogP contribution in [0.25, 0.3) is 9.40 Å². The largest absolute Gasteiger partial charge is 0.481 e. The zero-order valence-corrected chi connectivity index (χ0v) is 10.7. The minimum atomic E-state index is -0.847. The highest BCUT2D eigenvalue weighted by atomic mass is 32.2. The van der Waals surface area contributed by atoms with Crippen molar-refractivity contribution in [3.05, 3.63) is 21.4 Å². The third kappa shape index (κ3) is 1.86. The zero-order chi connectivity index (χ0) is 11.9. The smallest absolute Gasteiger partial charge is 0.305 e. The van der Waals surface area contributed by atoms with Gasteiger partial charge in [-0.15, -0.1) is 22.7 Å². The first kappa shape index (κ1) is 11.6. The molecule has 1 atom stereocenters. The van der Waals surface area contributed by atoms with E-state index in [2.05, 4.69) is 12.3 Å². The topological polar surface area (TPSA) is 63.3 Å². The lowest BCUT2D eigenvalue weighted by atomic mass is 10.1. The lowest BCUT2D eigenvalue weighted by molar-refractivity contribution is -0.137. The predicted molar refractivity (Wildman–Crippen MR) is 68.4 cm³/mol. The van der Waals surface area contributed by atoms with Crippen LogP contribution in [0, 0.1) is 13.8 Å². The summed E-state index contributed by atoms with van der Waals surface area (Å²) in [6, 6.07) is -0.388. The van der Waals surface area contributed by atoms with E-state index in [-0.39, 0.29) is 12.5 Å². The van der Waals surface area contributed by atoms with Crippen LogP contribution in [0.3, 0.4) is 0 Å². The van der Waals surface area contributed by atoms with Crippen molar-refractivity contribution in [2.75, 3.05) is 0 Å². The molecule has 2 rings (SSSR count). The lowest BCUT2D eigenvalue weighted by Crippen LogP contribution is -2.14. The fourth-order valence-electron chi connectivity index (χ4n) is 1.88. The molecule has 3 nitrogen and oxygen atoms in total. The van der Waals surface area contributed by atoms with E-state index in [4.69, 9.17) is 10.8 Å². The molecule has 0 aliphatic carbocycles. The quantitative estimate of drug-likeness (QED) is 0.886. The molecule has 2 aromatic rings. The van der Waals surface area contributed by atoms with E-state index in [9.17, 15) is 4.79 Å². The number of hydrogen-bond acceptors (Lipinski definition) is 4. The minimum absolute atomic E-state index is 0.00629. The number of aliphatic carboxylic acids is 1. The summed E-state index contributed by atoms with van der Waals surface area (Å²) in [6.07, 6.45) is -0.00629. The number of nitrogens with two attached hydrogens (primary N) is 1. The van der Waals surface area contributed by atoms with Crippen molar-refractivity contribution in [3.8, 4) is 0 Å². The van der Waals surface area contributed by atoms with Gasteiger partial charge < -0.3 is 10.8 Å². The fourth-order valence-corrected chi connectivity index (χ4v) is 4.42. The number of aryl methyl sites for hydroxylation is 2. The molecule has 2 aromatic heterocycles. The van der Waals surface area contributed by atoms with Crippen molar-refractivity contribution < 1.29 is 9.90 Å². The van der Waals surface area contributed by atoms with E-state index >= 15 is 0 Å². The van der Waals surface area contributed by atoms with Crippen LogP contribution in [0.2, 0.25) is 0 Å². The monoisotopic (exact) mass is 255 g/mol. The number of fused-ring (bicyclic) bond motifs is 1. The van der Waals surface area contributed by atoms with Crippen molar-refractivity contribution in [2.45, 2.75) is 26.3 Å². The van der Waals surface area contributed by atoms with Gasteiger partial charge in [0.25, 0.3) is 0 Å². The maximum absolute atomic E-state index is 10.6. The zero-order valence-electron chi connectivity index (χ0n) is 9.11. The van der Waals surface area contributed by atoms with Crippen LogP contribution in [-0.2, 0) is 4.79 Å². The van der Waals surface area contributed by atoms with Gasteiger partial charge in [-0.05, 0) is 30.4 Å². The van der Waals surface area contributed by atoms with E-state index < -0.39 is 5.97 Å². The normalized spacial score (nSPS) is 13.2. The Hall–Kier alpha value is -0.910. The fraction of sp³-hybridized carbons (Fsp3) is 0.364. The van der Waals surface area contributed by atoms with E-state index in [1.807, 2.05) is 6.92 Å². The van der Waals surface area contributed by atoms with Crippen LogP contribution < -0.4 is 5.73 Å². The van der Waals surface area contributed by atoms with Crippen molar-refractivity contribution >= 4 is 38.0 Å². The first-order valence-electron chi connectivity index (χ1n) is 4.95. The van der Waals surface area contributed by atoms with Crippen LogP contribution in [0.4, 0.5) is 0 Å². The molecule has 0 fully saturated rings. The Balaban J connectivity index is 2.45. The number of carbonyl (C=O) groups is 1. The molecule has 5 heteroatoms. The molecule has 0 aliphatic rings. The Morgan fingerprint density at radius 3 is 2.81 bits per heavy atom. The Morgan fingerprint density at radius 1 is 1.56 bits per heavy atom. The Morgan fingerprint density at radius 2 is 2.25 bits per heavy atom. The van der Waals surface area contributed by atoms with Gasteiger partial charge in [0.1, 0.15) is 0 Å². The van der Waals surface area contributed by atoms with Crippen LogP contribution in [0.1, 0.15) is 28.5 Å². The second-order valence-corrected chi connectivity index (χ2v) is 6.07. The molecule has 0 saturated heterocycles. The summed E-state index contributed by atoms with van der Waals surface area (Å²) in [6.45, 7) is 4.10. The molecule has 86 valence electrons. The summed E-state index contributed by atoms with van der Waals surface area (Å²) in [5.41, 5.74) is 8.30. The second kappa shape index (κ2) is 4.16. The van der Waals surface area contributed by atoms with Gasteiger partial charge >= 0.3 is 5.97 Å². The highest BCUT2D eigenvalue weighted by Gasteiger charge is 2.19. The molecule has 0 amide bonds. The van der Waals surface area contributed by atoms with Gasteiger partial charge in [0, 0.05) is 16.3 Å². The molecule has 0 aromatic carbocycles.